The summed E-state index contributed by atoms with van der Waals surface area (Å²) in [5, 5.41) is 0. The topological polar surface area (TPSA) is 85.8 Å². The number of furan rings is 1. The van der Waals surface area contributed by atoms with Crippen LogP contribution in [0.3, 0.4) is 0 Å². The molecule has 7 heteroatoms. The molecule has 0 spiro atoms. The lowest BCUT2D eigenvalue weighted by Gasteiger charge is -2.20. The van der Waals surface area contributed by atoms with E-state index in [1.165, 1.54) is 35.9 Å². The lowest BCUT2D eigenvalue weighted by Crippen LogP contribution is -2.30. The second kappa shape index (κ2) is 6.19. The van der Waals surface area contributed by atoms with Crippen molar-refractivity contribution in [2.75, 3.05) is 19.4 Å². The molecule has 0 fully saturated rings. The van der Waals surface area contributed by atoms with Gasteiger partial charge in [-0.15, -0.1) is 0 Å². The molecule has 114 valence electrons. The van der Waals surface area contributed by atoms with Gasteiger partial charge in [-0.2, -0.15) is 4.31 Å². The van der Waals surface area contributed by atoms with E-state index < -0.39 is 10.0 Å². The number of anilines is 1. The highest BCUT2D eigenvalue weighted by atomic mass is 32.2. The predicted molar refractivity (Wildman–Crippen MR) is 79.4 cm³/mol. The fraction of sp³-hybridized carbons (Fsp3) is 0.286. The lowest BCUT2D eigenvalue weighted by atomic mass is 10.3. The van der Waals surface area contributed by atoms with Crippen LogP contribution in [0.15, 0.2) is 45.9 Å². The quantitative estimate of drug-likeness (QED) is 0.826. The molecule has 1 heterocycles. The van der Waals surface area contributed by atoms with Gasteiger partial charge < -0.3 is 14.9 Å². The maximum Gasteiger partial charge on any atom is 0.247 e. The molecule has 0 amide bonds. The van der Waals surface area contributed by atoms with Crippen LogP contribution >= 0.6 is 0 Å². The maximum atomic E-state index is 12.7. The third kappa shape index (κ3) is 3.20. The predicted octanol–water partition coefficient (Wildman–Crippen LogP) is 2.08. The zero-order valence-electron chi connectivity index (χ0n) is 11.9. The van der Waals surface area contributed by atoms with Crippen LogP contribution in [0.5, 0.6) is 5.75 Å². The summed E-state index contributed by atoms with van der Waals surface area (Å²) in [6.07, 6.45) is 1.51. The van der Waals surface area contributed by atoms with Crippen molar-refractivity contribution in [2.45, 2.75) is 18.4 Å². The highest BCUT2D eigenvalue weighted by Crippen LogP contribution is 2.29. The molecule has 2 aromatic rings. The number of hydrogen-bond acceptors (Lipinski definition) is 5. The molecule has 0 saturated heterocycles. The van der Waals surface area contributed by atoms with Gasteiger partial charge in [0.2, 0.25) is 10.0 Å². The van der Waals surface area contributed by atoms with Crippen molar-refractivity contribution < 1.29 is 17.6 Å². The molecular weight excluding hydrogens is 292 g/mol. The summed E-state index contributed by atoms with van der Waals surface area (Å²) >= 11 is 0. The van der Waals surface area contributed by atoms with Crippen LogP contribution in [0.1, 0.15) is 12.7 Å². The molecule has 0 atom stereocenters. The second-order valence-electron chi connectivity index (χ2n) is 4.42. The molecule has 0 aliphatic rings. The van der Waals surface area contributed by atoms with Crippen LogP contribution in [-0.2, 0) is 16.6 Å². The third-order valence-corrected chi connectivity index (χ3v) is 5.03. The van der Waals surface area contributed by atoms with Crippen molar-refractivity contribution in [1.29, 1.82) is 0 Å². The number of hydrogen-bond donors (Lipinski definition) is 1. The van der Waals surface area contributed by atoms with Crippen molar-refractivity contribution in [3.05, 3.63) is 42.4 Å². The number of nitrogens with zero attached hydrogens (tertiary/aromatic N) is 1. The van der Waals surface area contributed by atoms with Crippen LogP contribution in [0.4, 0.5) is 5.69 Å². The molecule has 2 N–H and O–H groups in total. The summed E-state index contributed by atoms with van der Waals surface area (Å²) in [4.78, 5) is 0.0904. The van der Waals surface area contributed by atoms with Gasteiger partial charge in [0.05, 0.1) is 19.9 Å². The Kier molecular flexibility index (Phi) is 4.54. The summed E-state index contributed by atoms with van der Waals surface area (Å²) in [5.41, 5.74) is 6.11. The molecular formula is C14H18N2O4S. The highest BCUT2D eigenvalue weighted by molar-refractivity contribution is 7.89. The van der Waals surface area contributed by atoms with E-state index in [9.17, 15) is 8.42 Å². The molecule has 0 unspecified atom stereocenters. The number of sulfonamides is 1. The van der Waals surface area contributed by atoms with E-state index in [0.717, 1.165) is 0 Å². The fourth-order valence-electron chi connectivity index (χ4n) is 1.98. The number of nitrogen functional groups attached to an aromatic ring is 1. The molecule has 0 aliphatic carbocycles. The van der Waals surface area contributed by atoms with Crippen LogP contribution in [0.2, 0.25) is 0 Å². The van der Waals surface area contributed by atoms with E-state index in [1.807, 2.05) is 0 Å². The Labute approximate surface area is 124 Å². The zero-order valence-corrected chi connectivity index (χ0v) is 12.8. The van der Waals surface area contributed by atoms with Gasteiger partial charge in [-0.05, 0) is 24.3 Å². The fourth-order valence-corrected chi connectivity index (χ4v) is 3.53. The van der Waals surface area contributed by atoms with E-state index in [0.29, 0.717) is 18.0 Å². The molecule has 1 aromatic heterocycles. The summed E-state index contributed by atoms with van der Waals surface area (Å²) < 4.78 is 37.2. The van der Waals surface area contributed by atoms with Crippen LogP contribution in [0, 0.1) is 0 Å². The molecule has 1 aromatic carbocycles. The van der Waals surface area contributed by atoms with Gasteiger partial charge in [0.15, 0.2) is 0 Å². The minimum absolute atomic E-state index is 0.0904. The Balaban J connectivity index is 2.39. The zero-order chi connectivity index (χ0) is 15.5. The molecule has 0 radical (unpaired) electrons. The van der Waals surface area contributed by atoms with Crippen molar-refractivity contribution in [2.24, 2.45) is 0 Å². The summed E-state index contributed by atoms with van der Waals surface area (Å²) in [6, 6.07) is 7.94. The molecule has 0 saturated carbocycles. The summed E-state index contributed by atoms with van der Waals surface area (Å²) in [6.45, 7) is 2.25. The number of ether oxygens (including phenoxy) is 1. The van der Waals surface area contributed by atoms with E-state index in [2.05, 4.69) is 0 Å². The Morgan fingerprint density at radius 1 is 1.33 bits per heavy atom. The van der Waals surface area contributed by atoms with Crippen molar-refractivity contribution in [3.63, 3.8) is 0 Å². The SMILES string of the molecule is CCN(Cc1ccco1)S(=O)(=O)c1ccc(N)cc1OC. The molecule has 2 rings (SSSR count). The van der Waals surface area contributed by atoms with Gasteiger partial charge in [-0.3, -0.25) is 0 Å². The summed E-state index contributed by atoms with van der Waals surface area (Å²) in [7, 11) is -2.28. The van der Waals surface area contributed by atoms with Crippen molar-refractivity contribution in [1.82, 2.24) is 4.31 Å². The first-order valence-electron chi connectivity index (χ1n) is 6.45. The molecule has 21 heavy (non-hydrogen) atoms. The van der Waals surface area contributed by atoms with E-state index >= 15 is 0 Å². The number of rotatable bonds is 6. The van der Waals surface area contributed by atoms with Gasteiger partial charge in [-0.25, -0.2) is 8.42 Å². The summed E-state index contributed by atoms with van der Waals surface area (Å²) in [5.74, 6) is 0.808. The second-order valence-corrected chi connectivity index (χ2v) is 6.33. The first-order valence-corrected chi connectivity index (χ1v) is 7.89. The average molecular weight is 310 g/mol. The Hall–Kier alpha value is -1.99. The highest BCUT2D eigenvalue weighted by Gasteiger charge is 2.27. The van der Waals surface area contributed by atoms with Crippen LogP contribution < -0.4 is 10.5 Å². The standard InChI is InChI=1S/C14H18N2O4S/c1-3-16(10-12-5-4-8-20-12)21(17,18)14-7-6-11(15)9-13(14)19-2/h4-9H,3,10,15H2,1-2H3. The van der Waals surface area contributed by atoms with Gasteiger partial charge >= 0.3 is 0 Å². The van der Waals surface area contributed by atoms with Gasteiger partial charge in [0.1, 0.15) is 16.4 Å². The first kappa shape index (κ1) is 15.4. The largest absolute Gasteiger partial charge is 0.495 e. The van der Waals surface area contributed by atoms with Gasteiger partial charge in [0.25, 0.3) is 0 Å². The Morgan fingerprint density at radius 3 is 2.67 bits per heavy atom. The first-order chi connectivity index (χ1) is 9.98. The van der Waals surface area contributed by atoms with E-state index in [-0.39, 0.29) is 17.2 Å². The van der Waals surface area contributed by atoms with Gasteiger partial charge in [-0.1, -0.05) is 6.92 Å². The average Bonchev–Trinajstić information content (AvgIpc) is 2.97. The lowest BCUT2D eigenvalue weighted by molar-refractivity contribution is 0.368. The number of nitrogens with two attached hydrogens (primary N) is 1. The minimum atomic E-state index is -3.69. The third-order valence-electron chi connectivity index (χ3n) is 3.07. The van der Waals surface area contributed by atoms with Crippen LogP contribution in [-0.4, -0.2) is 26.4 Å². The van der Waals surface area contributed by atoms with Gasteiger partial charge in [0, 0.05) is 18.3 Å². The number of methoxy groups -OCH3 is 1. The van der Waals surface area contributed by atoms with E-state index in [4.69, 9.17) is 14.9 Å². The number of benzene rings is 1. The minimum Gasteiger partial charge on any atom is -0.495 e. The Bertz CT molecular complexity index is 696. The van der Waals surface area contributed by atoms with Crippen molar-refractivity contribution >= 4 is 15.7 Å². The van der Waals surface area contributed by atoms with Crippen LogP contribution in [0.25, 0.3) is 0 Å². The smallest absolute Gasteiger partial charge is 0.247 e. The monoisotopic (exact) mass is 310 g/mol. The molecule has 0 bridgehead atoms. The molecule has 0 aliphatic heterocycles. The maximum absolute atomic E-state index is 12.7. The van der Waals surface area contributed by atoms with Crippen molar-refractivity contribution in [3.8, 4) is 5.75 Å². The van der Waals surface area contributed by atoms with E-state index in [1.54, 1.807) is 19.1 Å². The normalized spacial score (nSPS) is 11.8. The molecule has 6 nitrogen and oxygen atoms in total. The Morgan fingerprint density at radius 2 is 2.10 bits per heavy atom.